The molecule has 1 saturated heterocycles. The number of thiophene rings is 1. The van der Waals surface area contributed by atoms with E-state index in [4.69, 9.17) is 30.4 Å². The van der Waals surface area contributed by atoms with Crippen LogP contribution in [0.25, 0.3) is 0 Å². The predicted octanol–water partition coefficient (Wildman–Crippen LogP) is 2.64. The van der Waals surface area contributed by atoms with Crippen molar-refractivity contribution in [2.45, 2.75) is 6.54 Å². The molecule has 1 fully saturated rings. The van der Waals surface area contributed by atoms with Gasteiger partial charge in [-0.3, -0.25) is 19.4 Å². The highest BCUT2D eigenvalue weighted by molar-refractivity contribution is 7.12. The van der Waals surface area contributed by atoms with Crippen molar-refractivity contribution in [3.8, 4) is 23.0 Å². The van der Waals surface area contributed by atoms with Gasteiger partial charge in [-0.2, -0.15) is 4.99 Å². The molecule has 0 aliphatic carbocycles. The highest BCUT2D eigenvalue weighted by Crippen LogP contribution is 2.40. The lowest BCUT2D eigenvalue weighted by Crippen LogP contribution is -2.47. The number of nitrogens with two attached hydrogens (primary N) is 2. The van der Waals surface area contributed by atoms with Crippen molar-refractivity contribution in [2.24, 2.45) is 16.5 Å². The van der Waals surface area contributed by atoms with Crippen LogP contribution in [-0.2, 0) is 6.54 Å². The van der Waals surface area contributed by atoms with Gasteiger partial charge >= 0.3 is 0 Å². The highest BCUT2D eigenvalue weighted by atomic mass is 32.1. The first-order valence-corrected chi connectivity index (χ1v) is 14.2. The molecule has 4 rings (SSSR count). The molecular formula is C29H36N6O6S. The second-order valence-electron chi connectivity index (χ2n) is 9.44. The second kappa shape index (κ2) is 14.5. The van der Waals surface area contributed by atoms with E-state index in [1.165, 1.54) is 17.4 Å². The molecular weight excluding hydrogens is 560 g/mol. The number of aliphatic imine (C=N–C) groups is 1. The normalized spacial score (nSPS) is 13.7. The molecule has 5 N–H and O–H groups in total. The average molecular weight is 597 g/mol. The zero-order valence-electron chi connectivity index (χ0n) is 23.9. The molecule has 3 aromatic rings. The minimum Gasteiger partial charge on any atom is -0.493 e. The molecule has 13 heteroatoms. The van der Waals surface area contributed by atoms with Crippen LogP contribution in [0.3, 0.4) is 0 Å². The van der Waals surface area contributed by atoms with Gasteiger partial charge in [0.25, 0.3) is 11.8 Å². The summed E-state index contributed by atoms with van der Waals surface area (Å²) in [6.45, 7) is 5.31. The summed E-state index contributed by atoms with van der Waals surface area (Å²) in [7, 11) is 4.84. The molecule has 2 aromatic carbocycles. The first-order valence-electron chi connectivity index (χ1n) is 13.3. The lowest BCUT2D eigenvalue weighted by atomic mass is 10.1. The van der Waals surface area contributed by atoms with Crippen LogP contribution in [0.1, 0.15) is 25.6 Å². The number of ether oxygens (including phenoxy) is 4. The molecule has 0 saturated carbocycles. The maximum absolute atomic E-state index is 12.7. The van der Waals surface area contributed by atoms with Crippen LogP contribution in [0, 0.1) is 0 Å². The molecule has 12 nitrogen and oxygen atoms in total. The van der Waals surface area contributed by atoms with Crippen LogP contribution in [0.15, 0.2) is 52.8 Å². The van der Waals surface area contributed by atoms with Crippen molar-refractivity contribution >= 4 is 34.8 Å². The van der Waals surface area contributed by atoms with Crippen molar-refractivity contribution < 1.29 is 28.5 Å². The predicted molar refractivity (Wildman–Crippen MR) is 162 cm³/mol. The summed E-state index contributed by atoms with van der Waals surface area (Å²) in [6.07, 6.45) is 0. The van der Waals surface area contributed by atoms with Gasteiger partial charge < -0.3 is 35.7 Å². The minimum atomic E-state index is -0.614. The van der Waals surface area contributed by atoms with Gasteiger partial charge in [0.15, 0.2) is 17.5 Å². The largest absolute Gasteiger partial charge is 0.493 e. The number of rotatable bonds is 12. The number of benzene rings is 2. The van der Waals surface area contributed by atoms with Gasteiger partial charge in [0.2, 0.25) is 5.75 Å². The average Bonchev–Trinajstić information content (AvgIpc) is 3.53. The van der Waals surface area contributed by atoms with Gasteiger partial charge in [-0.25, -0.2) is 0 Å². The molecule has 0 bridgehead atoms. The first kappa shape index (κ1) is 30.6. The smallest absolute Gasteiger partial charge is 0.280 e. The fourth-order valence-electron chi connectivity index (χ4n) is 4.64. The van der Waals surface area contributed by atoms with Gasteiger partial charge in [-0.1, -0.05) is 12.1 Å². The Bertz CT molecular complexity index is 1400. The topological polar surface area (TPSA) is 154 Å². The van der Waals surface area contributed by atoms with Crippen molar-refractivity contribution in [1.82, 2.24) is 9.80 Å². The van der Waals surface area contributed by atoms with Gasteiger partial charge in [-0.15, -0.1) is 11.3 Å². The summed E-state index contributed by atoms with van der Waals surface area (Å²) in [4.78, 5) is 33.9. The summed E-state index contributed by atoms with van der Waals surface area (Å²) in [5.74, 6) is 1.09. The third kappa shape index (κ3) is 7.69. The summed E-state index contributed by atoms with van der Waals surface area (Å²) in [5.41, 5.74) is 12.3. The van der Waals surface area contributed by atoms with E-state index in [9.17, 15) is 9.59 Å². The minimum absolute atomic E-state index is 0.222. The Balaban J connectivity index is 1.34. The Labute approximate surface area is 248 Å². The van der Waals surface area contributed by atoms with Gasteiger partial charge in [0.05, 0.1) is 31.9 Å². The maximum Gasteiger partial charge on any atom is 0.280 e. The van der Waals surface area contributed by atoms with E-state index in [1.54, 1.807) is 45.6 Å². The number of amides is 2. The molecule has 1 aliphatic heterocycles. The summed E-state index contributed by atoms with van der Waals surface area (Å²) in [5, 5.41) is 4.65. The Morgan fingerprint density at radius 1 is 0.929 bits per heavy atom. The molecule has 0 spiro atoms. The van der Waals surface area contributed by atoms with Crippen molar-refractivity contribution in [3.05, 3.63) is 63.8 Å². The molecule has 1 aliphatic rings. The number of carbonyl (C=O) groups is 2. The third-order valence-electron chi connectivity index (χ3n) is 6.76. The SMILES string of the molecule is COc1ccc(CN2CCN(CCOc3ccc(C(=O)N=C(N)N)cc3NC(=O)c3cccs3)CC2)c(OC)c1OC. The fourth-order valence-corrected chi connectivity index (χ4v) is 5.26. The van der Waals surface area contributed by atoms with Gasteiger partial charge in [0.1, 0.15) is 12.4 Å². The molecule has 1 aromatic heterocycles. The lowest BCUT2D eigenvalue weighted by molar-refractivity contribution is 0.0998. The zero-order chi connectivity index (χ0) is 30.1. The number of nitrogens with zero attached hydrogens (tertiary/aromatic N) is 3. The van der Waals surface area contributed by atoms with E-state index in [1.807, 2.05) is 17.5 Å². The van der Waals surface area contributed by atoms with E-state index in [0.29, 0.717) is 46.7 Å². The standard InChI is InChI=1S/C29H36N6O6S/c1-38-23-9-7-20(25(39-2)26(23)40-3)18-35-12-10-34(11-13-35)14-15-41-22-8-6-19(27(36)33-29(30)31)17-21(22)32-28(37)24-5-4-16-42-24/h4-9,16-17H,10-15,18H2,1-3H3,(H,32,37)(H4,30,31,33,36). The molecule has 224 valence electrons. The number of guanidine groups is 1. The number of piperazine rings is 1. The monoisotopic (exact) mass is 596 g/mol. The third-order valence-corrected chi connectivity index (χ3v) is 7.63. The fraction of sp³-hybridized carbons (Fsp3) is 0.345. The van der Waals surface area contributed by atoms with E-state index >= 15 is 0 Å². The summed E-state index contributed by atoms with van der Waals surface area (Å²) >= 11 is 1.31. The highest BCUT2D eigenvalue weighted by Gasteiger charge is 2.22. The van der Waals surface area contributed by atoms with Crippen molar-refractivity contribution in [1.29, 1.82) is 0 Å². The van der Waals surface area contributed by atoms with Crippen LogP contribution in [0.5, 0.6) is 23.0 Å². The number of hydrogen-bond donors (Lipinski definition) is 3. The Kier molecular flexibility index (Phi) is 10.6. The summed E-state index contributed by atoms with van der Waals surface area (Å²) < 4.78 is 22.6. The number of carbonyl (C=O) groups excluding carboxylic acids is 2. The van der Waals surface area contributed by atoms with Crippen LogP contribution in [0.4, 0.5) is 5.69 Å². The molecule has 42 heavy (non-hydrogen) atoms. The number of nitrogens with one attached hydrogen (secondary N) is 1. The first-order chi connectivity index (χ1) is 20.3. The molecule has 2 amide bonds. The number of methoxy groups -OCH3 is 3. The second-order valence-corrected chi connectivity index (χ2v) is 10.4. The number of anilines is 1. The Morgan fingerprint density at radius 3 is 2.29 bits per heavy atom. The van der Waals surface area contributed by atoms with Gasteiger partial charge in [0, 0.05) is 50.4 Å². The quantitative estimate of drug-likeness (QED) is 0.210. The van der Waals surface area contributed by atoms with Crippen molar-refractivity contribution in [3.63, 3.8) is 0 Å². The van der Waals surface area contributed by atoms with Gasteiger partial charge in [-0.05, 0) is 35.7 Å². The maximum atomic E-state index is 12.7. The van der Waals surface area contributed by atoms with Crippen LogP contribution >= 0.6 is 11.3 Å². The Morgan fingerprint density at radius 2 is 1.64 bits per heavy atom. The Hall–Kier alpha value is -4.33. The van der Waals surface area contributed by atoms with Crippen LogP contribution < -0.4 is 35.7 Å². The lowest BCUT2D eigenvalue weighted by Gasteiger charge is -2.35. The van der Waals surface area contributed by atoms with Crippen LogP contribution in [-0.4, -0.2) is 88.2 Å². The van der Waals surface area contributed by atoms with Crippen molar-refractivity contribution in [2.75, 3.05) is 66.0 Å². The zero-order valence-corrected chi connectivity index (χ0v) is 24.7. The number of hydrogen-bond acceptors (Lipinski definition) is 9. The molecule has 0 radical (unpaired) electrons. The molecule has 0 atom stereocenters. The van der Waals surface area contributed by atoms with E-state index in [2.05, 4.69) is 20.1 Å². The summed E-state index contributed by atoms with van der Waals surface area (Å²) in [6, 6.07) is 12.1. The van der Waals surface area contributed by atoms with E-state index in [0.717, 1.165) is 38.3 Å². The molecule has 2 heterocycles. The van der Waals surface area contributed by atoms with Crippen LogP contribution in [0.2, 0.25) is 0 Å². The van der Waals surface area contributed by atoms with E-state index < -0.39 is 5.91 Å². The molecule has 0 unspecified atom stereocenters. The van der Waals surface area contributed by atoms with E-state index in [-0.39, 0.29) is 17.4 Å².